The highest BCUT2D eigenvalue weighted by Gasteiger charge is 2.30. The van der Waals surface area contributed by atoms with Crippen LogP contribution >= 0.6 is 0 Å². The van der Waals surface area contributed by atoms with Crippen LogP contribution in [0.3, 0.4) is 0 Å². The van der Waals surface area contributed by atoms with Crippen LogP contribution in [0.15, 0.2) is 10.4 Å². The second-order valence-corrected chi connectivity index (χ2v) is 6.99. The first-order chi connectivity index (χ1) is 10.6. The summed E-state index contributed by atoms with van der Waals surface area (Å²) in [5, 5.41) is 21.4. The van der Waals surface area contributed by atoms with Crippen molar-refractivity contribution in [1.82, 2.24) is 10.6 Å². The maximum absolute atomic E-state index is 11.0. The van der Waals surface area contributed by atoms with Crippen molar-refractivity contribution in [1.29, 1.82) is 0 Å². The minimum Gasteiger partial charge on any atom is -0.481 e. The molecule has 0 aliphatic heterocycles. The fourth-order valence-corrected chi connectivity index (χ4v) is 2.11. The van der Waals surface area contributed by atoms with Crippen molar-refractivity contribution in [2.24, 2.45) is 10.4 Å². The average Bonchev–Trinajstić information content (AvgIpc) is 2.45. The molecule has 8 nitrogen and oxygen atoms in total. The zero-order valence-corrected chi connectivity index (χ0v) is 14.8. The van der Waals surface area contributed by atoms with Gasteiger partial charge in [-0.3, -0.25) is 4.79 Å². The van der Waals surface area contributed by atoms with Crippen LogP contribution in [-0.4, -0.2) is 47.3 Å². The molecule has 0 bridgehead atoms. The van der Waals surface area contributed by atoms with E-state index in [1.165, 1.54) is 0 Å². The molecule has 0 aromatic carbocycles. The van der Waals surface area contributed by atoms with E-state index in [0.29, 0.717) is 13.1 Å². The highest BCUT2D eigenvalue weighted by molar-refractivity contribution is 5.66. The quantitative estimate of drug-likeness (QED) is 0.352. The van der Waals surface area contributed by atoms with E-state index >= 15 is 0 Å². The third kappa shape index (κ3) is 8.13. The van der Waals surface area contributed by atoms with E-state index in [1.54, 1.807) is 6.92 Å². The molecule has 0 radical (unpaired) electrons. The van der Waals surface area contributed by atoms with E-state index in [2.05, 4.69) is 21.0 Å². The van der Waals surface area contributed by atoms with E-state index in [0.717, 1.165) is 6.42 Å². The summed E-state index contributed by atoms with van der Waals surface area (Å²) in [6.07, 6.45) is 0.934. The Morgan fingerprint density at radius 3 is 2.00 bits per heavy atom. The van der Waals surface area contributed by atoms with Crippen molar-refractivity contribution in [2.75, 3.05) is 13.1 Å². The lowest BCUT2D eigenvalue weighted by Gasteiger charge is -2.31. The van der Waals surface area contributed by atoms with Gasteiger partial charge in [0, 0.05) is 17.5 Å². The van der Waals surface area contributed by atoms with Crippen LogP contribution in [0.2, 0.25) is 0 Å². The van der Waals surface area contributed by atoms with Crippen LogP contribution in [0.25, 0.3) is 0 Å². The maximum atomic E-state index is 11.0. The number of nitrogens with one attached hydrogen (secondary N) is 2. The molecule has 0 aromatic rings. The molecule has 8 heteroatoms. The first-order valence-corrected chi connectivity index (χ1v) is 7.93. The van der Waals surface area contributed by atoms with Crippen LogP contribution in [0, 0.1) is 9.81 Å². The van der Waals surface area contributed by atoms with Crippen molar-refractivity contribution in [3.8, 4) is 0 Å². The van der Waals surface area contributed by atoms with Crippen molar-refractivity contribution < 1.29 is 9.90 Å². The molecule has 0 heterocycles. The zero-order valence-electron chi connectivity index (χ0n) is 14.8. The lowest BCUT2D eigenvalue weighted by atomic mass is 9.91. The van der Waals surface area contributed by atoms with E-state index in [4.69, 9.17) is 5.11 Å². The summed E-state index contributed by atoms with van der Waals surface area (Å²) in [6.45, 7) is 10.7. The summed E-state index contributed by atoms with van der Waals surface area (Å²) >= 11 is 0. The fourth-order valence-electron chi connectivity index (χ4n) is 2.11. The Labute approximate surface area is 137 Å². The smallest absolute Gasteiger partial charge is 0.303 e. The van der Waals surface area contributed by atoms with Crippen LogP contribution in [0.4, 0.5) is 0 Å². The number of aliphatic carboxylic acids is 1. The summed E-state index contributed by atoms with van der Waals surface area (Å²) in [5.74, 6) is -0.932. The molecular weight excluding hydrogens is 300 g/mol. The van der Waals surface area contributed by atoms with Gasteiger partial charge in [0.2, 0.25) is 0 Å². The lowest BCUT2D eigenvalue weighted by Crippen LogP contribution is -2.51. The van der Waals surface area contributed by atoms with Crippen molar-refractivity contribution in [3.63, 3.8) is 0 Å². The Balaban J connectivity index is 4.21. The number of carboxylic acids is 1. The molecular formula is C15H30N4O4. The summed E-state index contributed by atoms with van der Waals surface area (Å²) in [6, 6.07) is -0.922. The lowest BCUT2D eigenvalue weighted by molar-refractivity contribution is -0.137. The Hall–Kier alpha value is -1.41. The van der Waals surface area contributed by atoms with Crippen LogP contribution in [-0.2, 0) is 4.79 Å². The van der Waals surface area contributed by atoms with E-state index < -0.39 is 17.6 Å². The number of hydrogen-bond donors (Lipinski definition) is 3. The van der Waals surface area contributed by atoms with Crippen LogP contribution in [0.1, 0.15) is 53.9 Å². The highest BCUT2D eigenvalue weighted by atomic mass is 16.4. The van der Waals surface area contributed by atoms with Gasteiger partial charge in [-0.2, -0.15) is 9.81 Å². The molecule has 0 spiro atoms. The van der Waals surface area contributed by atoms with Crippen molar-refractivity contribution in [2.45, 2.75) is 77.0 Å². The van der Waals surface area contributed by atoms with Gasteiger partial charge in [0.1, 0.15) is 12.1 Å². The molecule has 0 fully saturated rings. The molecule has 2 unspecified atom stereocenters. The molecule has 0 amide bonds. The van der Waals surface area contributed by atoms with Gasteiger partial charge < -0.3 is 15.7 Å². The second-order valence-electron chi connectivity index (χ2n) is 6.99. The normalized spacial score (nSPS) is 15.0. The molecule has 0 rings (SSSR count). The van der Waals surface area contributed by atoms with Gasteiger partial charge in [0.05, 0.1) is 0 Å². The average molecular weight is 330 g/mol. The van der Waals surface area contributed by atoms with Gasteiger partial charge >= 0.3 is 5.97 Å². The standard InChI is InChI=1S/C15H30N4O4/c1-11(18-22)14(2,3)16-9-6-10-17-15(4,5)12(19-23)7-8-13(20)21/h11-12,16-17H,6-10H2,1-5H3,(H,20,21). The van der Waals surface area contributed by atoms with Gasteiger partial charge in [0.25, 0.3) is 0 Å². The third-order valence-corrected chi connectivity index (χ3v) is 4.31. The molecule has 2 atom stereocenters. The first kappa shape index (κ1) is 21.6. The predicted octanol–water partition coefficient (Wildman–Crippen LogP) is 2.27. The van der Waals surface area contributed by atoms with Gasteiger partial charge in [0.15, 0.2) is 0 Å². The van der Waals surface area contributed by atoms with E-state index in [-0.39, 0.29) is 24.4 Å². The topological polar surface area (TPSA) is 120 Å². The molecule has 23 heavy (non-hydrogen) atoms. The summed E-state index contributed by atoms with van der Waals surface area (Å²) in [4.78, 5) is 32.2. The number of hydrogen-bond acceptors (Lipinski definition) is 7. The maximum Gasteiger partial charge on any atom is 0.303 e. The Morgan fingerprint density at radius 1 is 1.04 bits per heavy atom. The Morgan fingerprint density at radius 2 is 1.57 bits per heavy atom. The van der Waals surface area contributed by atoms with Gasteiger partial charge in [-0.25, -0.2) is 0 Å². The number of nitrogens with zero attached hydrogens (tertiary/aromatic N) is 2. The number of nitroso groups, excluding NO2 is 2. The van der Waals surface area contributed by atoms with Gasteiger partial charge in [-0.05, 0) is 60.5 Å². The minimum atomic E-state index is -0.932. The molecule has 0 aliphatic carbocycles. The van der Waals surface area contributed by atoms with Crippen molar-refractivity contribution in [3.05, 3.63) is 9.81 Å². The third-order valence-electron chi connectivity index (χ3n) is 4.31. The fraction of sp³-hybridized carbons (Fsp3) is 0.933. The molecule has 134 valence electrons. The number of carbonyl (C=O) groups is 1. The molecule has 0 aromatic heterocycles. The van der Waals surface area contributed by atoms with Gasteiger partial charge in [-0.1, -0.05) is 10.4 Å². The SMILES string of the molecule is CC(N=O)C(C)(C)NCCCNC(C)(C)C(CCC(=O)O)N=O. The minimum absolute atomic E-state index is 0.0756. The predicted molar refractivity (Wildman–Crippen MR) is 90.5 cm³/mol. The van der Waals surface area contributed by atoms with Gasteiger partial charge in [-0.15, -0.1) is 0 Å². The van der Waals surface area contributed by atoms with Crippen LogP contribution in [0.5, 0.6) is 0 Å². The molecule has 0 saturated carbocycles. The van der Waals surface area contributed by atoms with Crippen LogP contribution < -0.4 is 10.6 Å². The zero-order chi connectivity index (χ0) is 18.1. The van der Waals surface area contributed by atoms with E-state index in [9.17, 15) is 14.6 Å². The number of carboxylic acid groups (broad SMARTS) is 1. The summed E-state index contributed by atoms with van der Waals surface area (Å²) in [5.41, 5.74) is -0.935. The van der Waals surface area contributed by atoms with Crippen molar-refractivity contribution >= 4 is 5.97 Å². The molecule has 0 aliphatic rings. The summed E-state index contributed by atoms with van der Waals surface area (Å²) < 4.78 is 0. The Kier molecular flexibility index (Phi) is 9.07. The monoisotopic (exact) mass is 330 g/mol. The molecule has 3 N–H and O–H groups in total. The number of rotatable bonds is 13. The van der Waals surface area contributed by atoms with E-state index in [1.807, 2.05) is 27.7 Å². The summed E-state index contributed by atoms with van der Waals surface area (Å²) in [7, 11) is 0. The Bertz CT molecular complexity index is 399. The molecule has 0 saturated heterocycles. The largest absolute Gasteiger partial charge is 0.481 e. The first-order valence-electron chi connectivity index (χ1n) is 7.93. The highest BCUT2D eigenvalue weighted by Crippen LogP contribution is 2.18. The second kappa shape index (κ2) is 9.67.